The molecule has 0 aliphatic carbocycles. The summed E-state index contributed by atoms with van der Waals surface area (Å²) in [6.07, 6.45) is 15.0. The number of benzene rings is 6. The Hall–Kier alpha value is -13.6. The van der Waals surface area contributed by atoms with Gasteiger partial charge in [0.2, 0.25) is 11.1 Å². The van der Waals surface area contributed by atoms with E-state index in [4.69, 9.17) is 47.1 Å². The summed E-state index contributed by atoms with van der Waals surface area (Å²) in [5.41, 5.74) is 15.9. The molecular formula is C75H57BClN21O2. The predicted molar refractivity (Wildman–Crippen MR) is 385 cm³/mol. The normalized spacial score (nSPS) is 10.7. The number of rotatable bonds is 16. The van der Waals surface area contributed by atoms with Crippen LogP contribution in [0.3, 0.4) is 0 Å². The van der Waals surface area contributed by atoms with E-state index in [0.717, 1.165) is 89.6 Å². The smallest absolute Gasteiger partial charge is 0.423 e. The van der Waals surface area contributed by atoms with Gasteiger partial charge in [0.05, 0.1) is 11.1 Å². The van der Waals surface area contributed by atoms with Gasteiger partial charge >= 0.3 is 7.12 Å². The molecule has 0 aliphatic rings. The number of nitrogens with zero attached hydrogens (tertiary/aromatic N) is 17. The summed E-state index contributed by atoms with van der Waals surface area (Å²) in [6, 6.07) is 76.3. The molecule has 484 valence electrons. The van der Waals surface area contributed by atoms with E-state index in [2.05, 4.69) is 147 Å². The van der Waals surface area contributed by atoms with Gasteiger partial charge in [-0.1, -0.05) is 182 Å². The van der Waals surface area contributed by atoms with Crippen molar-refractivity contribution >= 4 is 58.2 Å². The van der Waals surface area contributed by atoms with Gasteiger partial charge in [-0.15, -0.1) is 25.5 Å². The Labute approximate surface area is 577 Å². The lowest BCUT2D eigenvalue weighted by atomic mass is 9.81. The van der Waals surface area contributed by atoms with Crippen molar-refractivity contribution in [1.29, 1.82) is 10.5 Å². The standard InChI is InChI=1S/C25H19N9.C25H18N6.C19H15ClN4.C6H5BN2O2/c1-3-7-17(8-4-1)14-27-25-22-21(18-9-5-2-6-10-18)11-12-34(22)31-23(28-25)19-13-20(16-26-15-19)24-29-32-33-30-24;26-14-19-13-21(17-27-15-19)24-29-25(28-16-18-7-3-1-4-8-18)23-22(11-12-31(23)30-24)20-9-5-2-6-10-20;20-19-22-18(21-13-14-7-3-1-4-8-14)17-16(11-12-24(17)23-19)15-9-5-2-6-10-15;8-2-5-1-6(7(10)11)4-9-3-5/h1-13,15-16H,14H2,(H,27,28,31)(H,29,30,32,33);1-13,15,17H,16H2,(H,28,29,30);1-12H,13H2,(H,21,22,23);1,3-4,10-11H. The number of nitriles is 2. The summed E-state index contributed by atoms with van der Waals surface area (Å²) in [5, 5.41) is 73.5. The van der Waals surface area contributed by atoms with E-state index in [1.54, 1.807) is 29.2 Å². The SMILES string of the molecule is Clc1nc(NCc2ccccc2)c2c(-c3ccccc3)ccn2n1.N#Cc1cncc(-c2nc(NCc3ccccc3)c3c(-c4ccccc4)ccn3n2)c1.N#Cc1cncc(B(O)O)c1.c1ccc(CNc2nc(-c3cncc(-c4nn[nH]n4)c3)nn3ccc(-c4ccccc4)c23)cc1. The highest BCUT2D eigenvalue weighted by molar-refractivity contribution is 6.58. The second-order valence-electron chi connectivity index (χ2n) is 22.2. The first-order valence-electron chi connectivity index (χ1n) is 31.3. The summed E-state index contributed by atoms with van der Waals surface area (Å²) in [7, 11) is -1.56. The predicted octanol–water partition coefficient (Wildman–Crippen LogP) is 12.5. The lowest BCUT2D eigenvalue weighted by molar-refractivity contribution is 0.425. The number of aromatic nitrogens is 16. The zero-order valence-corrected chi connectivity index (χ0v) is 53.8. The molecule has 6 N–H and O–H groups in total. The van der Waals surface area contributed by atoms with E-state index in [9.17, 15) is 5.26 Å². The van der Waals surface area contributed by atoms with E-state index < -0.39 is 7.12 Å². The fourth-order valence-electron chi connectivity index (χ4n) is 10.8. The average Bonchev–Trinajstić information content (AvgIpc) is 1.60. The Bertz CT molecular complexity index is 5470. The molecule has 16 rings (SSSR count). The molecule has 23 nitrogen and oxygen atoms in total. The van der Waals surface area contributed by atoms with Crippen molar-refractivity contribution < 1.29 is 10.0 Å². The first-order chi connectivity index (χ1) is 49.2. The van der Waals surface area contributed by atoms with Crippen molar-refractivity contribution in [2.24, 2.45) is 0 Å². The van der Waals surface area contributed by atoms with Crippen molar-refractivity contribution in [3.63, 3.8) is 0 Å². The van der Waals surface area contributed by atoms with E-state index in [0.29, 0.717) is 53.8 Å². The minimum atomic E-state index is -1.56. The van der Waals surface area contributed by atoms with Gasteiger partial charge in [-0.3, -0.25) is 15.0 Å². The van der Waals surface area contributed by atoms with Gasteiger partial charge in [0.15, 0.2) is 29.1 Å². The molecule has 0 atom stereocenters. The van der Waals surface area contributed by atoms with Crippen LogP contribution < -0.4 is 21.4 Å². The molecule has 10 heterocycles. The molecule has 0 saturated heterocycles. The fraction of sp³-hybridized carbons (Fsp3) is 0.0400. The van der Waals surface area contributed by atoms with Crippen LogP contribution in [-0.4, -0.2) is 96.5 Å². The number of pyridine rings is 3. The number of nitrogens with one attached hydrogen (secondary N) is 4. The quantitative estimate of drug-likeness (QED) is 0.0490. The molecule has 10 aromatic heterocycles. The van der Waals surface area contributed by atoms with Crippen LogP contribution in [0.5, 0.6) is 0 Å². The van der Waals surface area contributed by atoms with Crippen molar-refractivity contribution in [1.82, 2.24) is 79.4 Å². The number of aromatic amines is 1. The van der Waals surface area contributed by atoms with E-state index in [1.165, 1.54) is 30.2 Å². The number of hydrogen-bond donors (Lipinski definition) is 6. The monoisotopic (exact) mass is 1330 g/mol. The molecule has 0 spiro atoms. The molecule has 0 saturated carbocycles. The number of H-pyrrole nitrogens is 1. The third-order valence-electron chi connectivity index (χ3n) is 15.6. The Morgan fingerprint density at radius 1 is 0.410 bits per heavy atom. The molecule has 0 bridgehead atoms. The lowest BCUT2D eigenvalue weighted by Crippen LogP contribution is -2.30. The van der Waals surface area contributed by atoms with Crippen LogP contribution in [0, 0.1) is 22.7 Å². The number of anilines is 3. The minimum Gasteiger partial charge on any atom is -0.423 e. The van der Waals surface area contributed by atoms with Crippen molar-refractivity contribution in [2.45, 2.75) is 19.6 Å². The Morgan fingerprint density at radius 2 is 0.780 bits per heavy atom. The molecule has 16 aromatic rings. The molecule has 0 amide bonds. The summed E-state index contributed by atoms with van der Waals surface area (Å²) in [4.78, 5) is 26.3. The van der Waals surface area contributed by atoms with Crippen LogP contribution in [0.2, 0.25) is 5.28 Å². The fourth-order valence-corrected chi connectivity index (χ4v) is 11.0. The maximum absolute atomic E-state index is 9.23. The van der Waals surface area contributed by atoms with Crippen LogP contribution in [0.25, 0.3) is 84.1 Å². The minimum absolute atomic E-state index is 0.216. The lowest BCUT2D eigenvalue weighted by Gasteiger charge is -2.12. The van der Waals surface area contributed by atoms with Gasteiger partial charge in [0, 0.05) is 114 Å². The van der Waals surface area contributed by atoms with Crippen molar-refractivity contribution in [3.05, 3.63) is 307 Å². The molecule has 25 heteroatoms. The average molecular weight is 1330 g/mol. The summed E-state index contributed by atoms with van der Waals surface area (Å²) in [5.74, 6) is 3.69. The maximum atomic E-state index is 9.23. The first kappa shape index (κ1) is 65.0. The number of fused-ring (bicyclic) bond motifs is 3. The number of hydrogen-bond acceptors (Lipinski definition) is 19. The van der Waals surface area contributed by atoms with Crippen LogP contribution in [-0.2, 0) is 19.6 Å². The summed E-state index contributed by atoms with van der Waals surface area (Å²) in [6.45, 7) is 1.93. The number of halogens is 1. The first-order valence-corrected chi connectivity index (χ1v) is 31.7. The third-order valence-corrected chi connectivity index (χ3v) is 15.7. The van der Waals surface area contributed by atoms with Crippen LogP contribution in [0.4, 0.5) is 17.5 Å². The van der Waals surface area contributed by atoms with Gasteiger partial charge in [0.25, 0.3) is 0 Å². The molecule has 0 radical (unpaired) electrons. The molecule has 6 aromatic carbocycles. The van der Waals surface area contributed by atoms with Crippen molar-refractivity contribution in [2.75, 3.05) is 16.0 Å². The molecule has 100 heavy (non-hydrogen) atoms. The van der Waals surface area contributed by atoms with Gasteiger partial charge in [-0.05, 0) is 86.6 Å². The highest BCUT2D eigenvalue weighted by Crippen LogP contribution is 2.35. The third kappa shape index (κ3) is 15.7. The second kappa shape index (κ2) is 31.3. The Kier molecular flexibility index (Phi) is 20.3. The van der Waals surface area contributed by atoms with Crippen LogP contribution in [0.1, 0.15) is 27.8 Å². The van der Waals surface area contributed by atoms with E-state index >= 15 is 0 Å². The van der Waals surface area contributed by atoms with Crippen LogP contribution in [0.15, 0.2) is 274 Å². The molecule has 0 aliphatic heterocycles. The largest absolute Gasteiger partial charge is 0.490 e. The Morgan fingerprint density at radius 3 is 1.19 bits per heavy atom. The van der Waals surface area contributed by atoms with Gasteiger partial charge in [-0.2, -0.15) is 20.7 Å². The van der Waals surface area contributed by atoms with Gasteiger partial charge in [-0.25, -0.2) is 23.5 Å². The van der Waals surface area contributed by atoms with Crippen LogP contribution >= 0.6 is 11.6 Å². The second-order valence-corrected chi connectivity index (χ2v) is 22.6. The molecular weight excluding hydrogens is 1270 g/mol. The van der Waals surface area contributed by atoms with E-state index in [-0.39, 0.29) is 10.7 Å². The number of tetrazole rings is 1. The summed E-state index contributed by atoms with van der Waals surface area (Å²) >= 11 is 6.08. The Balaban J connectivity index is 0.000000126. The van der Waals surface area contributed by atoms with Crippen molar-refractivity contribution in [3.8, 4) is 79.7 Å². The molecule has 0 unspecified atom stereocenters. The van der Waals surface area contributed by atoms with Gasteiger partial charge in [0.1, 0.15) is 28.7 Å². The summed E-state index contributed by atoms with van der Waals surface area (Å²) < 4.78 is 5.46. The highest BCUT2D eigenvalue weighted by Gasteiger charge is 2.20. The maximum Gasteiger partial charge on any atom is 0.490 e. The molecule has 0 fully saturated rings. The van der Waals surface area contributed by atoms with Gasteiger partial charge < -0.3 is 26.0 Å². The zero-order chi connectivity index (χ0) is 68.4. The topological polar surface area (TPSA) is 308 Å². The van der Waals surface area contributed by atoms with E-state index in [1.807, 2.05) is 161 Å². The highest BCUT2D eigenvalue weighted by atomic mass is 35.5. The zero-order valence-electron chi connectivity index (χ0n) is 53.1.